The maximum atomic E-state index is 14.2. The fourth-order valence-corrected chi connectivity index (χ4v) is 4.82. The molecular formula is C31H34F3N7O4. The van der Waals surface area contributed by atoms with Crippen molar-refractivity contribution in [3.05, 3.63) is 72.6 Å². The number of rotatable bonds is 8. The standard InChI is InChI=1S/C31H34F3N7O4/c1-30(2,3)45-29(43)40-15-13-39(14-16-40)23-11-9-22(10-12-23)37-28(42)24-17-35-27(38-24)26-25(20-5-7-21(32)8-6-20)36-19-41(26)18-31(33,34)44-4/h5-12,17,19H,13-16,18H2,1-4H3,(H,35,38)(H,37,42). The first-order valence-corrected chi connectivity index (χ1v) is 14.3. The monoisotopic (exact) mass is 625 g/mol. The Morgan fingerprint density at radius 1 is 1.00 bits per heavy atom. The summed E-state index contributed by atoms with van der Waals surface area (Å²) in [5.74, 6) is -0.867. The average Bonchev–Trinajstić information content (AvgIpc) is 3.64. The molecule has 11 nitrogen and oxygen atoms in total. The summed E-state index contributed by atoms with van der Waals surface area (Å²) in [6.45, 7) is 6.96. The van der Waals surface area contributed by atoms with Crippen molar-refractivity contribution in [3.63, 3.8) is 0 Å². The lowest BCUT2D eigenvalue weighted by molar-refractivity contribution is -0.229. The Balaban J connectivity index is 1.27. The van der Waals surface area contributed by atoms with Gasteiger partial charge in [-0.3, -0.25) is 4.79 Å². The molecule has 1 aliphatic rings. The number of alkyl halides is 2. The number of benzene rings is 2. The lowest BCUT2D eigenvalue weighted by Gasteiger charge is -2.36. The molecule has 45 heavy (non-hydrogen) atoms. The largest absolute Gasteiger partial charge is 0.444 e. The van der Waals surface area contributed by atoms with Crippen molar-refractivity contribution in [2.75, 3.05) is 43.5 Å². The number of imidazole rings is 2. The van der Waals surface area contributed by atoms with Crippen molar-refractivity contribution < 1.29 is 32.2 Å². The number of anilines is 2. The number of halogens is 3. The van der Waals surface area contributed by atoms with E-state index in [2.05, 4.69) is 29.9 Å². The van der Waals surface area contributed by atoms with E-state index >= 15 is 0 Å². The van der Waals surface area contributed by atoms with Gasteiger partial charge < -0.3 is 34.1 Å². The Hall–Kier alpha value is -4.85. The molecule has 1 aliphatic heterocycles. The summed E-state index contributed by atoms with van der Waals surface area (Å²) in [4.78, 5) is 40.8. The van der Waals surface area contributed by atoms with E-state index in [9.17, 15) is 22.8 Å². The van der Waals surface area contributed by atoms with Gasteiger partial charge in [0.05, 0.1) is 12.0 Å². The third kappa shape index (κ3) is 7.63. The highest BCUT2D eigenvalue weighted by molar-refractivity contribution is 6.03. The van der Waals surface area contributed by atoms with E-state index in [1.54, 1.807) is 17.0 Å². The molecule has 0 saturated carbocycles. The number of nitrogens with zero attached hydrogens (tertiary/aromatic N) is 5. The highest BCUT2D eigenvalue weighted by atomic mass is 19.3. The van der Waals surface area contributed by atoms with Crippen molar-refractivity contribution in [2.24, 2.45) is 0 Å². The number of carbonyl (C=O) groups excluding carboxylic acids is 2. The van der Waals surface area contributed by atoms with Crippen LogP contribution in [0.15, 0.2) is 61.1 Å². The van der Waals surface area contributed by atoms with Gasteiger partial charge in [0.1, 0.15) is 29.4 Å². The number of nitrogens with one attached hydrogen (secondary N) is 2. The molecule has 0 bridgehead atoms. The molecular weight excluding hydrogens is 591 g/mol. The summed E-state index contributed by atoms with van der Waals surface area (Å²) in [7, 11) is 0.895. The molecule has 4 aromatic rings. The fraction of sp³-hybridized carbons (Fsp3) is 0.355. The molecule has 0 aliphatic carbocycles. The van der Waals surface area contributed by atoms with Crippen LogP contribution in [0.2, 0.25) is 0 Å². The summed E-state index contributed by atoms with van der Waals surface area (Å²) in [6.07, 6.45) is -1.25. The van der Waals surface area contributed by atoms with Crippen LogP contribution in [0.1, 0.15) is 31.3 Å². The minimum Gasteiger partial charge on any atom is -0.444 e. The zero-order chi connectivity index (χ0) is 32.4. The molecule has 0 atom stereocenters. The van der Waals surface area contributed by atoms with Gasteiger partial charge in [-0.05, 0) is 69.3 Å². The number of aromatic nitrogens is 4. The van der Waals surface area contributed by atoms with Crippen LogP contribution in [0.5, 0.6) is 0 Å². The highest BCUT2D eigenvalue weighted by Crippen LogP contribution is 2.32. The maximum absolute atomic E-state index is 14.2. The van der Waals surface area contributed by atoms with Gasteiger partial charge in [0.2, 0.25) is 0 Å². The van der Waals surface area contributed by atoms with Crippen molar-refractivity contribution in [1.29, 1.82) is 0 Å². The molecule has 3 heterocycles. The molecule has 2 aromatic carbocycles. The molecule has 14 heteroatoms. The summed E-state index contributed by atoms with van der Waals surface area (Å²) >= 11 is 0. The zero-order valence-electron chi connectivity index (χ0n) is 25.3. The minimum atomic E-state index is -3.50. The third-order valence-corrected chi connectivity index (χ3v) is 7.06. The van der Waals surface area contributed by atoms with Gasteiger partial charge in [0.25, 0.3) is 5.91 Å². The van der Waals surface area contributed by atoms with E-state index in [1.807, 2.05) is 32.9 Å². The molecule has 0 spiro atoms. The van der Waals surface area contributed by atoms with E-state index in [0.717, 1.165) is 17.4 Å². The molecule has 0 radical (unpaired) electrons. The second kappa shape index (κ2) is 12.6. The van der Waals surface area contributed by atoms with E-state index in [4.69, 9.17) is 4.74 Å². The summed E-state index contributed by atoms with van der Waals surface area (Å²) in [5.41, 5.74) is 1.84. The Labute approximate surface area is 258 Å². The number of piperazine rings is 1. The number of aromatic amines is 1. The first-order chi connectivity index (χ1) is 21.3. The van der Waals surface area contributed by atoms with Gasteiger partial charge in [-0.1, -0.05) is 0 Å². The van der Waals surface area contributed by atoms with Gasteiger partial charge in [-0.25, -0.2) is 19.2 Å². The summed E-state index contributed by atoms with van der Waals surface area (Å²) in [5, 5.41) is 2.79. The van der Waals surface area contributed by atoms with Crippen LogP contribution in [-0.4, -0.2) is 81.4 Å². The molecule has 2 aromatic heterocycles. The fourth-order valence-electron chi connectivity index (χ4n) is 4.82. The number of H-pyrrole nitrogens is 1. The van der Waals surface area contributed by atoms with Crippen LogP contribution in [-0.2, 0) is 16.0 Å². The normalized spacial score (nSPS) is 14.0. The molecule has 1 saturated heterocycles. The van der Waals surface area contributed by atoms with Crippen LogP contribution in [0.4, 0.5) is 29.3 Å². The van der Waals surface area contributed by atoms with Gasteiger partial charge >= 0.3 is 12.2 Å². The minimum absolute atomic E-state index is 0.0173. The second-order valence-electron chi connectivity index (χ2n) is 11.5. The summed E-state index contributed by atoms with van der Waals surface area (Å²) < 4.78 is 52.8. The van der Waals surface area contributed by atoms with Gasteiger partial charge in [0, 0.05) is 56.4 Å². The Morgan fingerprint density at radius 2 is 1.67 bits per heavy atom. The first kappa shape index (κ1) is 31.6. The zero-order valence-corrected chi connectivity index (χ0v) is 25.3. The second-order valence-corrected chi connectivity index (χ2v) is 11.5. The van der Waals surface area contributed by atoms with E-state index in [1.165, 1.54) is 36.8 Å². The van der Waals surface area contributed by atoms with Crippen molar-refractivity contribution in [1.82, 2.24) is 24.4 Å². The lowest BCUT2D eigenvalue weighted by atomic mass is 10.1. The highest BCUT2D eigenvalue weighted by Gasteiger charge is 2.32. The van der Waals surface area contributed by atoms with E-state index < -0.39 is 30.0 Å². The average molecular weight is 626 g/mol. The number of methoxy groups -OCH3 is 1. The number of hydrogen-bond acceptors (Lipinski definition) is 7. The Morgan fingerprint density at radius 3 is 2.29 bits per heavy atom. The third-order valence-electron chi connectivity index (χ3n) is 7.06. The first-order valence-electron chi connectivity index (χ1n) is 14.3. The van der Waals surface area contributed by atoms with Gasteiger partial charge in [0.15, 0.2) is 5.82 Å². The number of ether oxygens (including phenoxy) is 2. The predicted octanol–water partition coefficient (Wildman–Crippen LogP) is 5.63. The number of hydrogen-bond donors (Lipinski definition) is 2. The molecule has 5 rings (SSSR count). The predicted molar refractivity (Wildman–Crippen MR) is 162 cm³/mol. The van der Waals surface area contributed by atoms with Crippen LogP contribution in [0, 0.1) is 5.82 Å². The summed E-state index contributed by atoms with van der Waals surface area (Å²) in [6, 6.07) is 12.7. The number of amides is 2. The Kier molecular flexibility index (Phi) is 8.87. The molecule has 0 unspecified atom stereocenters. The van der Waals surface area contributed by atoms with Gasteiger partial charge in [-0.15, -0.1) is 0 Å². The van der Waals surface area contributed by atoms with Crippen LogP contribution < -0.4 is 10.2 Å². The maximum Gasteiger partial charge on any atom is 0.410 e. The van der Waals surface area contributed by atoms with Crippen LogP contribution in [0.25, 0.3) is 22.8 Å². The van der Waals surface area contributed by atoms with Gasteiger partial charge in [-0.2, -0.15) is 8.78 Å². The topological polar surface area (TPSA) is 118 Å². The van der Waals surface area contributed by atoms with Crippen molar-refractivity contribution in [3.8, 4) is 22.8 Å². The van der Waals surface area contributed by atoms with Crippen molar-refractivity contribution >= 4 is 23.4 Å². The number of carbonyl (C=O) groups is 2. The smallest absolute Gasteiger partial charge is 0.410 e. The van der Waals surface area contributed by atoms with E-state index in [-0.39, 0.29) is 29.0 Å². The molecule has 1 fully saturated rings. The van der Waals surface area contributed by atoms with Crippen LogP contribution >= 0.6 is 0 Å². The quantitative estimate of drug-likeness (QED) is 0.261. The molecule has 2 amide bonds. The van der Waals surface area contributed by atoms with Crippen molar-refractivity contribution in [2.45, 2.75) is 39.0 Å². The Bertz CT molecular complexity index is 1640. The lowest BCUT2D eigenvalue weighted by Crippen LogP contribution is -2.50. The SMILES string of the molecule is COC(F)(F)Cn1cnc(-c2ccc(F)cc2)c1-c1nc(C(=O)Nc2ccc(N3CCN(C(=O)OC(C)(C)C)CC3)cc2)c[nH]1. The molecule has 2 N–H and O–H groups in total. The molecule has 238 valence electrons. The van der Waals surface area contributed by atoms with Crippen LogP contribution in [0.3, 0.4) is 0 Å². The van der Waals surface area contributed by atoms with E-state index in [0.29, 0.717) is 37.4 Å².